The summed E-state index contributed by atoms with van der Waals surface area (Å²) in [5, 5.41) is 19.8. The first-order chi connectivity index (χ1) is 8.41. The smallest absolute Gasteiger partial charge is 0.313 e. The van der Waals surface area contributed by atoms with Gasteiger partial charge in [0.2, 0.25) is 0 Å². The molecule has 1 aliphatic rings. The lowest BCUT2D eigenvalue weighted by atomic mass is 9.76. The minimum absolute atomic E-state index is 0.00569. The molecule has 6 nitrogen and oxygen atoms in total. The van der Waals surface area contributed by atoms with Crippen molar-refractivity contribution >= 4 is 12.3 Å². The zero-order chi connectivity index (χ0) is 13.9. The molecule has 3 unspecified atom stereocenters. The van der Waals surface area contributed by atoms with E-state index in [1.54, 1.807) is 0 Å². The van der Waals surface area contributed by atoms with E-state index in [0.717, 1.165) is 0 Å². The molecule has 0 saturated carbocycles. The van der Waals surface area contributed by atoms with Gasteiger partial charge in [0, 0.05) is 12.7 Å². The molecule has 0 spiro atoms. The molecule has 2 N–H and O–H groups in total. The average molecular weight is 256 g/mol. The van der Waals surface area contributed by atoms with E-state index in [0.29, 0.717) is 6.29 Å². The lowest BCUT2D eigenvalue weighted by Gasteiger charge is -2.39. The fraction of sp³-hybridized carbons (Fsp3) is 0.500. The fourth-order valence-corrected chi connectivity index (χ4v) is 1.98. The van der Waals surface area contributed by atoms with Gasteiger partial charge in [-0.25, -0.2) is 0 Å². The second-order valence-corrected chi connectivity index (χ2v) is 4.02. The number of carbonyl (C=O) groups excluding carboxylic acids is 1. The topological polar surface area (TPSA) is 93.1 Å². The van der Waals surface area contributed by atoms with Crippen molar-refractivity contribution in [3.05, 3.63) is 23.5 Å². The normalized spacial score (nSPS) is 29.0. The van der Waals surface area contributed by atoms with Gasteiger partial charge in [-0.2, -0.15) is 0 Å². The van der Waals surface area contributed by atoms with Crippen molar-refractivity contribution in [1.29, 1.82) is 0 Å². The number of aliphatic hydroxyl groups is 1. The van der Waals surface area contributed by atoms with Crippen molar-refractivity contribution in [3.63, 3.8) is 0 Å². The highest BCUT2D eigenvalue weighted by molar-refractivity contribution is 5.84. The maximum atomic E-state index is 11.3. The van der Waals surface area contributed by atoms with Gasteiger partial charge in [0.1, 0.15) is 18.0 Å². The van der Waals surface area contributed by atoms with E-state index in [9.17, 15) is 19.8 Å². The Morgan fingerprint density at radius 2 is 2.17 bits per heavy atom. The Hall–Kier alpha value is -1.66. The number of carboxylic acid groups (broad SMARTS) is 1. The molecule has 6 heteroatoms. The summed E-state index contributed by atoms with van der Waals surface area (Å²) < 4.78 is 10.0. The molecule has 0 heterocycles. The molecule has 0 bridgehead atoms. The molecule has 3 atom stereocenters. The van der Waals surface area contributed by atoms with Gasteiger partial charge < -0.3 is 19.7 Å². The van der Waals surface area contributed by atoms with E-state index >= 15 is 0 Å². The quantitative estimate of drug-likeness (QED) is 0.679. The summed E-state index contributed by atoms with van der Waals surface area (Å²) >= 11 is 0. The molecule has 1 aliphatic carbocycles. The van der Waals surface area contributed by atoms with Crippen LogP contribution in [0.5, 0.6) is 0 Å². The number of aliphatic carboxylic acids is 1. The summed E-state index contributed by atoms with van der Waals surface area (Å²) in [5.41, 5.74) is -1.70. The highest BCUT2D eigenvalue weighted by Crippen LogP contribution is 2.37. The lowest BCUT2D eigenvalue weighted by Crippen LogP contribution is -2.53. The summed E-state index contributed by atoms with van der Waals surface area (Å²) in [6, 6.07) is 0. The van der Waals surface area contributed by atoms with Crippen LogP contribution in [-0.2, 0) is 19.1 Å². The molecule has 0 radical (unpaired) electrons. The van der Waals surface area contributed by atoms with Crippen molar-refractivity contribution in [2.45, 2.75) is 18.6 Å². The molecule has 0 aromatic heterocycles. The standard InChI is InChI=1S/C12H16O6/c1-7(17-2)12(16)9(11(14)15)4-8(6-13)5-10(12)18-3/h4-7,9,16H,1-3H3,(H,14,15). The van der Waals surface area contributed by atoms with E-state index < -0.39 is 23.6 Å². The number of ether oxygens (including phenoxy) is 2. The Bertz CT molecular complexity index is 411. The van der Waals surface area contributed by atoms with Gasteiger partial charge in [-0.05, 0) is 13.0 Å². The number of carbonyl (C=O) groups is 2. The molecule has 0 saturated heterocycles. The van der Waals surface area contributed by atoms with Crippen molar-refractivity contribution in [2.75, 3.05) is 14.2 Å². The number of rotatable bonds is 5. The minimum Gasteiger partial charge on any atom is -0.498 e. The molecule has 0 aromatic rings. The van der Waals surface area contributed by atoms with Crippen LogP contribution >= 0.6 is 0 Å². The van der Waals surface area contributed by atoms with Crippen LogP contribution in [0.15, 0.2) is 23.5 Å². The molecular formula is C12H16O6. The predicted octanol–water partition coefficient (Wildman–Crippen LogP) is 0.122. The van der Waals surface area contributed by atoms with Gasteiger partial charge in [0.15, 0.2) is 5.60 Å². The van der Waals surface area contributed by atoms with Gasteiger partial charge in [0.05, 0.1) is 13.2 Å². The van der Waals surface area contributed by atoms with E-state index in [-0.39, 0.29) is 11.3 Å². The second-order valence-electron chi connectivity index (χ2n) is 4.02. The summed E-state index contributed by atoms with van der Waals surface area (Å²) in [5.74, 6) is -2.58. The van der Waals surface area contributed by atoms with Crippen LogP contribution in [0.25, 0.3) is 0 Å². The summed E-state index contributed by atoms with van der Waals surface area (Å²) in [6.45, 7) is 1.53. The molecule has 0 fully saturated rings. The van der Waals surface area contributed by atoms with Gasteiger partial charge in [-0.15, -0.1) is 0 Å². The monoisotopic (exact) mass is 256 g/mol. The van der Waals surface area contributed by atoms with Crippen LogP contribution in [0.4, 0.5) is 0 Å². The highest BCUT2D eigenvalue weighted by atomic mass is 16.5. The van der Waals surface area contributed by atoms with Crippen LogP contribution < -0.4 is 0 Å². The van der Waals surface area contributed by atoms with E-state index in [1.165, 1.54) is 33.3 Å². The van der Waals surface area contributed by atoms with Crippen LogP contribution in [0.1, 0.15) is 6.92 Å². The van der Waals surface area contributed by atoms with Crippen LogP contribution in [0.3, 0.4) is 0 Å². The van der Waals surface area contributed by atoms with Crippen molar-refractivity contribution in [3.8, 4) is 0 Å². The molecule has 18 heavy (non-hydrogen) atoms. The van der Waals surface area contributed by atoms with E-state index in [2.05, 4.69) is 0 Å². The van der Waals surface area contributed by atoms with Gasteiger partial charge in [-0.1, -0.05) is 6.08 Å². The first kappa shape index (κ1) is 14.4. The summed E-state index contributed by atoms with van der Waals surface area (Å²) in [7, 11) is 2.65. The van der Waals surface area contributed by atoms with E-state index in [1.807, 2.05) is 0 Å². The lowest BCUT2D eigenvalue weighted by molar-refractivity contribution is -0.160. The molecule has 1 rings (SSSR count). The Kier molecular flexibility index (Phi) is 4.26. The number of carboxylic acids is 1. The summed E-state index contributed by atoms with van der Waals surface area (Å²) in [6.07, 6.45) is 2.19. The van der Waals surface area contributed by atoms with Crippen molar-refractivity contribution in [1.82, 2.24) is 0 Å². The first-order valence-corrected chi connectivity index (χ1v) is 5.32. The number of allylic oxidation sites excluding steroid dienone is 2. The molecular weight excluding hydrogens is 240 g/mol. The first-order valence-electron chi connectivity index (χ1n) is 5.32. The third kappa shape index (κ3) is 2.16. The van der Waals surface area contributed by atoms with Crippen molar-refractivity contribution in [2.24, 2.45) is 5.92 Å². The third-order valence-electron chi connectivity index (χ3n) is 3.12. The largest absolute Gasteiger partial charge is 0.498 e. The highest BCUT2D eigenvalue weighted by Gasteiger charge is 2.51. The molecule has 100 valence electrons. The molecule has 0 aromatic carbocycles. The van der Waals surface area contributed by atoms with E-state index in [4.69, 9.17) is 9.47 Å². The van der Waals surface area contributed by atoms with Crippen LogP contribution in [-0.4, -0.2) is 48.4 Å². The maximum absolute atomic E-state index is 11.3. The zero-order valence-corrected chi connectivity index (χ0v) is 10.4. The second kappa shape index (κ2) is 5.32. The third-order valence-corrected chi connectivity index (χ3v) is 3.12. The Morgan fingerprint density at radius 3 is 2.56 bits per heavy atom. The number of hydrogen-bond acceptors (Lipinski definition) is 5. The zero-order valence-electron chi connectivity index (χ0n) is 10.4. The Labute approximate surface area is 105 Å². The Morgan fingerprint density at radius 1 is 1.56 bits per heavy atom. The molecule has 0 amide bonds. The maximum Gasteiger partial charge on any atom is 0.313 e. The van der Waals surface area contributed by atoms with Crippen LogP contribution in [0, 0.1) is 5.92 Å². The number of hydrogen-bond donors (Lipinski definition) is 2. The van der Waals surface area contributed by atoms with Crippen molar-refractivity contribution < 1.29 is 29.3 Å². The fourth-order valence-electron chi connectivity index (χ4n) is 1.98. The summed E-state index contributed by atoms with van der Waals surface area (Å²) in [4.78, 5) is 22.0. The number of methoxy groups -OCH3 is 2. The average Bonchev–Trinajstić information content (AvgIpc) is 2.37. The SMILES string of the molecule is COC1=CC(C=O)=CC(C(=O)O)C1(O)C(C)OC. The van der Waals surface area contributed by atoms with Gasteiger partial charge in [-0.3, -0.25) is 9.59 Å². The van der Waals surface area contributed by atoms with Gasteiger partial charge >= 0.3 is 5.97 Å². The predicted molar refractivity (Wildman–Crippen MR) is 61.8 cm³/mol. The number of aldehydes is 1. The van der Waals surface area contributed by atoms with Gasteiger partial charge in [0.25, 0.3) is 0 Å². The van der Waals surface area contributed by atoms with Crippen LogP contribution in [0.2, 0.25) is 0 Å². The molecule has 0 aliphatic heterocycles. The minimum atomic E-state index is -1.85. The Balaban J connectivity index is 3.36.